The molecule has 33 heavy (non-hydrogen) atoms. The van der Waals surface area contributed by atoms with E-state index in [0.717, 1.165) is 28.0 Å². The van der Waals surface area contributed by atoms with E-state index in [1.807, 2.05) is 65.1 Å². The summed E-state index contributed by atoms with van der Waals surface area (Å²) in [6, 6.07) is 23.5. The minimum Gasteiger partial charge on any atom is -0.351 e. The third kappa shape index (κ3) is 4.42. The standard InChI is InChI=1S/C25H20ClN5OS/c1-16-10-12-17(13-11-16)23-29-30-24-25(28-20-8-4-5-9-21(20)31(23)24)33-15-22(32)27-14-18-6-2-3-7-19(18)26/h2-13H,14-15H2,1H3,(H,27,32). The number of aromatic nitrogens is 4. The van der Waals surface area contributed by atoms with Crippen LogP contribution in [0, 0.1) is 6.92 Å². The summed E-state index contributed by atoms with van der Waals surface area (Å²) in [6.07, 6.45) is 0. The minimum absolute atomic E-state index is 0.105. The molecular weight excluding hydrogens is 454 g/mol. The average molecular weight is 474 g/mol. The molecule has 0 aliphatic carbocycles. The van der Waals surface area contributed by atoms with Gasteiger partial charge in [-0.15, -0.1) is 10.2 Å². The van der Waals surface area contributed by atoms with Gasteiger partial charge in [0.2, 0.25) is 5.91 Å². The summed E-state index contributed by atoms with van der Waals surface area (Å²) in [5.41, 5.74) is 5.39. The van der Waals surface area contributed by atoms with Gasteiger partial charge < -0.3 is 5.32 Å². The van der Waals surface area contributed by atoms with E-state index < -0.39 is 0 Å². The smallest absolute Gasteiger partial charge is 0.230 e. The zero-order valence-electron chi connectivity index (χ0n) is 17.8. The van der Waals surface area contributed by atoms with E-state index in [0.29, 0.717) is 22.2 Å². The van der Waals surface area contributed by atoms with Crippen molar-refractivity contribution in [3.8, 4) is 11.4 Å². The number of halogens is 1. The van der Waals surface area contributed by atoms with Gasteiger partial charge in [-0.25, -0.2) is 4.98 Å². The molecule has 0 saturated carbocycles. The largest absolute Gasteiger partial charge is 0.351 e. The van der Waals surface area contributed by atoms with Crippen molar-refractivity contribution >= 4 is 46.0 Å². The molecule has 3 aromatic carbocycles. The molecule has 5 rings (SSSR count). The van der Waals surface area contributed by atoms with Crippen LogP contribution in [0.4, 0.5) is 0 Å². The van der Waals surface area contributed by atoms with Crippen LogP contribution in [0.25, 0.3) is 28.1 Å². The molecule has 0 spiro atoms. The van der Waals surface area contributed by atoms with Crippen molar-refractivity contribution in [2.24, 2.45) is 0 Å². The molecular formula is C25H20ClN5OS. The summed E-state index contributed by atoms with van der Waals surface area (Å²) in [7, 11) is 0. The fourth-order valence-electron chi connectivity index (χ4n) is 3.57. The molecule has 0 fully saturated rings. The van der Waals surface area contributed by atoms with E-state index in [9.17, 15) is 4.79 Å². The highest BCUT2D eigenvalue weighted by molar-refractivity contribution is 8.00. The van der Waals surface area contributed by atoms with E-state index >= 15 is 0 Å². The zero-order valence-corrected chi connectivity index (χ0v) is 19.4. The molecule has 1 N–H and O–H groups in total. The maximum Gasteiger partial charge on any atom is 0.230 e. The van der Waals surface area contributed by atoms with Gasteiger partial charge in [-0.3, -0.25) is 9.20 Å². The van der Waals surface area contributed by atoms with Gasteiger partial charge in [-0.1, -0.05) is 83.5 Å². The molecule has 0 saturated heterocycles. The van der Waals surface area contributed by atoms with Crippen LogP contribution in [0.1, 0.15) is 11.1 Å². The first kappa shape index (κ1) is 21.4. The van der Waals surface area contributed by atoms with Gasteiger partial charge in [0.1, 0.15) is 5.03 Å². The quantitative estimate of drug-likeness (QED) is 0.338. The minimum atomic E-state index is -0.105. The summed E-state index contributed by atoms with van der Waals surface area (Å²) in [5, 5.41) is 13.1. The lowest BCUT2D eigenvalue weighted by molar-refractivity contribution is -0.118. The van der Waals surface area contributed by atoms with E-state index in [2.05, 4.69) is 34.6 Å². The Bertz CT molecular complexity index is 1470. The Kier molecular flexibility index (Phi) is 5.98. The van der Waals surface area contributed by atoms with Gasteiger partial charge >= 0.3 is 0 Å². The predicted octanol–water partition coefficient (Wildman–Crippen LogP) is 5.31. The van der Waals surface area contributed by atoms with Crippen molar-refractivity contribution in [2.75, 3.05) is 5.75 Å². The number of rotatable bonds is 6. The van der Waals surface area contributed by atoms with Gasteiger partial charge in [0.15, 0.2) is 11.5 Å². The number of carbonyl (C=O) groups is 1. The van der Waals surface area contributed by atoms with Crippen molar-refractivity contribution in [2.45, 2.75) is 18.5 Å². The van der Waals surface area contributed by atoms with E-state index in [1.54, 1.807) is 0 Å². The second-order valence-electron chi connectivity index (χ2n) is 7.61. The molecule has 1 amide bonds. The molecule has 0 unspecified atom stereocenters. The van der Waals surface area contributed by atoms with Crippen LogP contribution in [0.15, 0.2) is 77.8 Å². The van der Waals surface area contributed by atoms with Gasteiger partial charge in [0, 0.05) is 17.1 Å². The number of benzene rings is 3. The van der Waals surface area contributed by atoms with E-state index in [1.165, 1.54) is 17.3 Å². The highest BCUT2D eigenvalue weighted by Crippen LogP contribution is 2.29. The maximum absolute atomic E-state index is 12.5. The number of nitrogens with one attached hydrogen (secondary N) is 1. The predicted molar refractivity (Wildman–Crippen MR) is 132 cm³/mol. The van der Waals surface area contributed by atoms with Gasteiger partial charge in [-0.2, -0.15) is 0 Å². The zero-order chi connectivity index (χ0) is 22.8. The number of hydrogen-bond acceptors (Lipinski definition) is 5. The molecule has 6 nitrogen and oxygen atoms in total. The van der Waals surface area contributed by atoms with Gasteiger partial charge in [0.25, 0.3) is 0 Å². The number of para-hydroxylation sites is 2. The summed E-state index contributed by atoms with van der Waals surface area (Å²) >= 11 is 7.52. The van der Waals surface area contributed by atoms with Crippen molar-refractivity contribution in [1.82, 2.24) is 24.9 Å². The molecule has 0 aliphatic heterocycles. The first-order valence-electron chi connectivity index (χ1n) is 10.4. The Morgan fingerprint density at radius 1 is 1.00 bits per heavy atom. The Morgan fingerprint density at radius 2 is 1.76 bits per heavy atom. The molecule has 0 atom stereocenters. The van der Waals surface area contributed by atoms with E-state index in [-0.39, 0.29) is 11.7 Å². The number of amides is 1. The normalized spacial score (nSPS) is 11.2. The number of carbonyl (C=O) groups excluding carboxylic acids is 1. The molecule has 2 heterocycles. The third-order valence-electron chi connectivity index (χ3n) is 5.28. The third-order valence-corrected chi connectivity index (χ3v) is 6.61. The number of nitrogens with zero attached hydrogens (tertiary/aromatic N) is 4. The van der Waals surface area contributed by atoms with E-state index in [4.69, 9.17) is 16.6 Å². The lowest BCUT2D eigenvalue weighted by Gasteiger charge is -2.09. The van der Waals surface area contributed by atoms with Crippen LogP contribution in [-0.4, -0.2) is 31.2 Å². The Morgan fingerprint density at radius 3 is 2.58 bits per heavy atom. The Labute approximate surface area is 200 Å². The first-order chi connectivity index (χ1) is 16.1. The van der Waals surface area contributed by atoms with Crippen LogP contribution in [0.5, 0.6) is 0 Å². The van der Waals surface area contributed by atoms with Crippen LogP contribution >= 0.6 is 23.4 Å². The first-order valence-corrected chi connectivity index (χ1v) is 11.8. The highest BCUT2D eigenvalue weighted by atomic mass is 35.5. The summed E-state index contributed by atoms with van der Waals surface area (Å²) < 4.78 is 2.01. The van der Waals surface area contributed by atoms with Crippen molar-refractivity contribution in [3.63, 3.8) is 0 Å². The number of aryl methyl sites for hydroxylation is 1. The lowest BCUT2D eigenvalue weighted by Crippen LogP contribution is -2.24. The molecule has 5 aromatic rings. The number of thioether (sulfide) groups is 1. The second kappa shape index (κ2) is 9.21. The second-order valence-corrected chi connectivity index (χ2v) is 8.98. The SMILES string of the molecule is Cc1ccc(-c2nnc3c(SCC(=O)NCc4ccccc4Cl)nc4ccccc4n23)cc1. The fraction of sp³-hybridized carbons (Fsp3) is 0.120. The van der Waals surface area contributed by atoms with Crippen LogP contribution in [0.3, 0.4) is 0 Å². The Hall–Kier alpha value is -3.42. The van der Waals surface area contributed by atoms with Gasteiger partial charge in [-0.05, 0) is 30.7 Å². The summed E-state index contributed by atoms with van der Waals surface area (Å²) in [5.74, 6) is 0.845. The average Bonchev–Trinajstić information content (AvgIpc) is 3.28. The lowest BCUT2D eigenvalue weighted by atomic mass is 10.1. The highest BCUT2D eigenvalue weighted by Gasteiger charge is 2.17. The van der Waals surface area contributed by atoms with Crippen LogP contribution < -0.4 is 5.32 Å². The van der Waals surface area contributed by atoms with Crippen LogP contribution in [0.2, 0.25) is 5.02 Å². The van der Waals surface area contributed by atoms with Crippen molar-refractivity contribution in [3.05, 3.63) is 88.9 Å². The molecule has 0 radical (unpaired) electrons. The maximum atomic E-state index is 12.5. The topological polar surface area (TPSA) is 72.2 Å². The monoisotopic (exact) mass is 473 g/mol. The molecule has 0 bridgehead atoms. The van der Waals surface area contributed by atoms with Crippen LogP contribution in [-0.2, 0) is 11.3 Å². The summed E-state index contributed by atoms with van der Waals surface area (Å²) in [6.45, 7) is 2.43. The number of fused-ring (bicyclic) bond motifs is 3. The van der Waals surface area contributed by atoms with Crippen molar-refractivity contribution in [1.29, 1.82) is 0 Å². The fourth-order valence-corrected chi connectivity index (χ4v) is 4.56. The van der Waals surface area contributed by atoms with Crippen molar-refractivity contribution < 1.29 is 4.79 Å². The molecule has 164 valence electrons. The molecule has 2 aromatic heterocycles. The molecule has 8 heteroatoms. The molecule has 0 aliphatic rings. The Balaban J connectivity index is 1.44. The number of hydrogen-bond donors (Lipinski definition) is 1. The summed E-state index contributed by atoms with van der Waals surface area (Å²) in [4.78, 5) is 17.3. The van der Waals surface area contributed by atoms with Gasteiger partial charge in [0.05, 0.1) is 16.8 Å².